The number of H-pyrrole nitrogens is 1. The Morgan fingerprint density at radius 3 is 2.59 bits per heavy atom. The van der Waals surface area contributed by atoms with E-state index in [-0.39, 0.29) is 21.7 Å². The van der Waals surface area contributed by atoms with Crippen molar-refractivity contribution >= 4 is 35.1 Å². The van der Waals surface area contributed by atoms with Crippen LogP contribution in [0, 0.1) is 0 Å². The van der Waals surface area contributed by atoms with Crippen molar-refractivity contribution in [2.75, 3.05) is 5.32 Å². The van der Waals surface area contributed by atoms with Crippen LogP contribution in [0.15, 0.2) is 29.3 Å². The zero-order valence-electron chi connectivity index (χ0n) is 13.3. The van der Waals surface area contributed by atoms with Crippen molar-refractivity contribution < 1.29 is 17.9 Å². The highest BCUT2D eigenvalue weighted by Crippen LogP contribution is 2.36. The molecular weight excluding hydrogens is 412 g/mol. The Bertz CT molecular complexity index is 1050. The van der Waals surface area contributed by atoms with Crippen LogP contribution in [0.5, 0.6) is 11.5 Å². The normalized spacial score (nSPS) is 11.5. The number of halogens is 5. The number of nitrogens with zero attached hydrogens (tertiary/aromatic N) is 4. The van der Waals surface area contributed by atoms with E-state index in [0.29, 0.717) is 0 Å². The standard InChI is InChI=1S/C14H9Cl2F3N6O2/c1-25-5-20-12(24-25)23-13-21-10(14(17,18)19)9(11(26)22-13)27-6-2-3-7(15)8(16)4-6/h2-5H,1H3,(H2,21,22,23,24,26). The summed E-state index contributed by atoms with van der Waals surface area (Å²) < 4.78 is 46.6. The van der Waals surface area contributed by atoms with Gasteiger partial charge in [-0.25, -0.2) is 9.97 Å². The van der Waals surface area contributed by atoms with Crippen molar-refractivity contribution in [1.82, 2.24) is 24.7 Å². The number of aryl methyl sites for hydroxylation is 1. The molecule has 0 fully saturated rings. The van der Waals surface area contributed by atoms with Gasteiger partial charge in [0.05, 0.1) is 10.0 Å². The summed E-state index contributed by atoms with van der Waals surface area (Å²) in [4.78, 5) is 21.5. The number of aromatic amines is 1. The third kappa shape index (κ3) is 4.31. The van der Waals surface area contributed by atoms with Gasteiger partial charge in [0.2, 0.25) is 17.6 Å². The predicted molar refractivity (Wildman–Crippen MR) is 90.7 cm³/mol. The summed E-state index contributed by atoms with van der Waals surface area (Å²) in [6.07, 6.45) is -3.65. The second kappa shape index (κ2) is 7.08. The summed E-state index contributed by atoms with van der Waals surface area (Å²) in [6, 6.07) is 3.75. The molecule has 8 nitrogen and oxygen atoms in total. The Morgan fingerprint density at radius 1 is 1.26 bits per heavy atom. The molecule has 1 aromatic carbocycles. The molecule has 0 amide bonds. The van der Waals surface area contributed by atoms with Gasteiger partial charge in [0.15, 0.2) is 5.69 Å². The van der Waals surface area contributed by atoms with Crippen LogP contribution in [0.2, 0.25) is 10.0 Å². The Labute approximate surface area is 158 Å². The first-order valence-corrected chi connectivity index (χ1v) is 7.86. The molecule has 0 aliphatic heterocycles. The summed E-state index contributed by atoms with van der Waals surface area (Å²) in [7, 11) is 1.56. The van der Waals surface area contributed by atoms with Crippen LogP contribution in [0.25, 0.3) is 0 Å². The largest absolute Gasteiger partial charge is 0.449 e. The number of benzene rings is 1. The summed E-state index contributed by atoms with van der Waals surface area (Å²) >= 11 is 11.6. The SMILES string of the molecule is Cn1cnc(Nc2nc(C(F)(F)F)c(Oc3ccc(Cl)c(Cl)c3)c(=O)[nH]2)n1. The molecule has 0 spiro atoms. The van der Waals surface area contributed by atoms with Gasteiger partial charge >= 0.3 is 6.18 Å². The minimum Gasteiger partial charge on any atom is -0.449 e. The lowest BCUT2D eigenvalue weighted by molar-refractivity contribution is -0.142. The average Bonchev–Trinajstić information content (AvgIpc) is 2.97. The van der Waals surface area contributed by atoms with Crippen molar-refractivity contribution in [2.24, 2.45) is 7.05 Å². The number of aromatic nitrogens is 5. The number of nitrogens with one attached hydrogen (secondary N) is 2. The van der Waals surface area contributed by atoms with Gasteiger partial charge < -0.3 is 4.74 Å². The Hall–Kier alpha value is -2.79. The molecule has 0 radical (unpaired) electrons. The molecule has 0 bridgehead atoms. The first-order chi connectivity index (χ1) is 12.6. The molecule has 0 aliphatic carbocycles. The zero-order chi connectivity index (χ0) is 19.8. The average molecular weight is 421 g/mol. The fourth-order valence-electron chi connectivity index (χ4n) is 1.97. The fraction of sp³-hybridized carbons (Fsp3) is 0.143. The van der Waals surface area contributed by atoms with Gasteiger partial charge in [-0.3, -0.25) is 19.8 Å². The van der Waals surface area contributed by atoms with Gasteiger partial charge in [-0.2, -0.15) is 13.2 Å². The zero-order valence-corrected chi connectivity index (χ0v) is 14.8. The molecule has 0 saturated heterocycles. The number of ether oxygens (including phenoxy) is 1. The smallest absolute Gasteiger partial charge is 0.437 e. The van der Waals surface area contributed by atoms with Crippen LogP contribution in [0.3, 0.4) is 0 Å². The van der Waals surface area contributed by atoms with E-state index < -0.39 is 29.1 Å². The molecule has 0 unspecified atom stereocenters. The van der Waals surface area contributed by atoms with Gasteiger partial charge in [0.1, 0.15) is 12.1 Å². The number of anilines is 2. The number of alkyl halides is 3. The van der Waals surface area contributed by atoms with Gasteiger partial charge in [0, 0.05) is 13.1 Å². The van der Waals surface area contributed by atoms with Gasteiger partial charge in [-0.15, -0.1) is 5.10 Å². The van der Waals surface area contributed by atoms with E-state index in [9.17, 15) is 18.0 Å². The second-order valence-electron chi connectivity index (χ2n) is 5.13. The van der Waals surface area contributed by atoms with Gasteiger partial charge in [0.25, 0.3) is 5.56 Å². The highest BCUT2D eigenvalue weighted by Gasteiger charge is 2.39. The molecule has 27 heavy (non-hydrogen) atoms. The third-order valence-corrected chi connectivity index (χ3v) is 3.83. The molecule has 0 saturated carbocycles. The lowest BCUT2D eigenvalue weighted by Crippen LogP contribution is -2.21. The lowest BCUT2D eigenvalue weighted by atomic mass is 10.3. The summed E-state index contributed by atoms with van der Waals surface area (Å²) in [6.45, 7) is 0. The van der Waals surface area contributed by atoms with Crippen molar-refractivity contribution in [3.05, 3.63) is 50.6 Å². The molecule has 2 heterocycles. The lowest BCUT2D eigenvalue weighted by Gasteiger charge is -2.13. The maximum absolute atomic E-state index is 13.4. The first-order valence-electron chi connectivity index (χ1n) is 7.10. The maximum atomic E-state index is 13.4. The minimum absolute atomic E-state index is 0.0478. The predicted octanol–water partition coefficient (Wildman–Crippen LogP) is 3.76. The van der Waals surface area contributed by atoms with E-state index in [1.54, 1.807) is 7.05 Å². The van der Waals surface area contributed by atoms with Crippen LogP contribution in [0.1, 0.15) is 5.69 Å². The van der Waals surface area contributed by atoms with E-state index >= 15 is 0 Å². The molecule has 2 aromatic heterocycles. The molecular formula is C14H9Cl2F3N6O2. The summed E-state index contributed by atoms with van der Waals surface area (Å²) in [5.41, 5.74) is -2.70. The summed E-state index contributed by atoms with van der Waals surface area (Å²) in [5.74, 6) is -1.71. The molecule has 3 rings (SSSR count). The Morgan fingerprint density at radius 2 is 2.00 bits per heavy atom. The topological polar surface area (TPSA) is 97.7 Å². The number of hydrogen-bond donors (Lipinski definition) is 2. The second-order valence-corrected chi connectivity index (χ2v) is 5.95. The monoisotopic (exact) mass is 420 g/mol. The van der Waals surface area contributed by atoms with E-state index in [1.807, 2.05) is 0 Å². The molecule has 13 heteroatoms. The van der Waals surface area contributed by atoms with E-state index in [1.165, 1.54) is 29.2 Å². The van der Waals surface area contributed by atoms with E-state index in [0.717, 1.165) is 0 Å². The van der Waals surface area contributed by atoms with Crippen molar-refractivity contribution in [3.63, 3.8) is 0 Å². The molecule has 3 aromatic rings. The number of rotatable bonds is 4. The Balaban J connectivity index is 2.02. The molecule has 0 atom stereocenters. The number of hydrogen-bond acceptors (Lipinski definition) is 6. The first kappa shape index (κ1) is 19.0. The third-order valence-electron chi connectivity index (χ3n) is 3.09. The summed E-state index contributed by atoms with van der Waals surface area (Å²) in [5, 5.41) is 6.43. The highest BCUT2D eigenvalue weighted by molar-refractivity contribution is 6.42. The maximum Gasteiger partial charge on any atom is 0.437 e. The Kier molecular flexibility index (Phi) is 4.98. The minimum atomic E-state index is -4.96. The van der Waals surface area contributed by atoms with Crippen molar-refractivity contribution in [3.8, 4) is 11.5 Å². The molecule has 2 N–H and O–H groups in total. The quantitative estimate of drug-likeness (QED) is 0.666. The van der Waals surface area contributed by atoms with E-state index in [2.05, 4.69) is 25.4 Å². The van der Waals surface area contributed by atoms with Crippen LogP contribution < -0.4 is 15.6 Å². The van der Waals surface area contributed by atoms with E-state index in [4.69, 9.17) is 27.9 Å². The van der Waals surface area contributed by atoms with Crippen LogP contribution in [-0.4, -0.2) is 24.7 Å². The van der Waals surface area contributed by atoms with Crippen molar-refractivity contribution in [1.29, 1.82) is 0 Å². The highest BCUT2D eigenvalue weighted by atomic mass is 35.5. The molecule has 0 aliphatic rings. The van der Waals surface area contributed by atoms with Crippen LogP contribution in [-0.2, 0) is 13.2 Å². The van der Waals surface area contributed by atoms with Crippen molar-refractivity contribution in [2.45, 2.75) is 6.18 Å². The fourth-order valence-corrected chi connectivity index (χ4v) is 2.26. The van der Waals surface area contributed by atoms with Crippen LogP contribution >= 0.6 is 23.2 Å². The van der Waals surface area contributed by atoms with Crippen LogP contribution in [0.4, 0.5) is 25.1 Å². The molecule has 142 valence electrons. The van der Waals surface area contributed by atoms with Gasteiger partial charge in [-0.05, 0) is 12.1 Å². The van der Waals surface area contributed by atoms with Gasteiger partial charge in [-0.1, -0.05) is 23.2 Å².